The second-order valence-corrected chi connectivity index (χ2v) is 19.2. The molecule has 0 aromatic carbocycles. The zero-order valence-corrected chi connectivity index (χ0v) is 44.4. The third-order valence-corrected chi connectivity index (χ3v) is 12.5. The molecule has 0 saturated carbocycles. The number of ether oxygens (including phenoxy) is 3. The van der Waals surface area contributed by atoms with Crippen LogP contribution in [0, 0.1) is 0 Å². The zero-order chi connectivity index (χ0) is 48.6. The van der Waals surface area contributed by atoms with Gasteiger partial charge in [0.15, 0.2) is 6.10 Å². The molecule has 6 heteroatoms. The van der Waals surface area contributed by atoms with Crippen molar-refractivity contribution in [2.75, 3.05) is 13.2 Å². The summed E-state index contributed by atoms with van der Waals surface area (Å²) in [5.74, 6) is -0.878. The van der Waals surface area contributed by atoms with E-state index in [1.54, 1.807) is 0 Å². The molecule has 0 N–H and O–H groups in total. The van der Waals surface area contributed by atoms with Gasteiger partial charge in [-0.25, -0.2) is 0 Å². The molecule has 0 heterocycles. The Balaban J connectivity index is 4.13. The fraction of sp³-hybridized carbons (Fsp3) is 0.787. The van der Waals surface area contributed by atoms with Crippen LogP contribution >= 0.6 is 0 Å². The van der Waals surface area contributed by atoms with Crippen LogP contribution in [0.3, 0.4) is 0 Å². The van der Waals surface area contributed by atoms with Crippen LogP contribution in [0.4, 0.5) is 0 Å². The number of rotatable bonds is 52. The van der Waals surface area contributed by atoms with Crippen LogP contribution in [0.15, 0.2) is 60.8 Å². The van der Waals surface area contributed by atoms with Crippen LogP contribution in [-0.2, 0) is 28.6 Å². The molecule has 0 radical (unpaired) electrons. The van der Waals surface area contributed by atoms with Crippen molar-refractivity contribution in [1.29, 1.82) is 0 Å². The number of allylic oxidation sites excluding steroid dienone is 10. The lowest BCUT2D eigenvalue weighted by Gasteiger charge is -2.18. The van der Waals surface area contributed by atoms with E-state index in [0.29, 0.717) is 19.3 Å². The maximum Gasteiger partial charge on any atom is 0.306 e. The molecule has 0 bridgehead atoms. The van der Waals surface area contributed by atoms with Crippen molar-refractivity contribution in [2.24, 2.45) is 0 Å². The van der Waals surface area contributed by atoms with Crippen molar-refractivity contribution in [3.05, 3.63) is 60.8 Å². The molecule has 388 valence electrons. The van der Waals surface area contributed by atoms with Crippen LogP contribution in [0.2, 0.25) is 0 Å². The minimum Gasteiger partial charge on any atom is -0.462 e. The first-order valence-electron chi connectivity index (χ1n) is 28.8. The van der Waals surface area contributed by atoms with E-state index >= 15 is 0 Å². The maximum atomic E-state index is 12.8. The topological polar surface area (TPSA) is 78.9 Å². The summed E-state index contributed by atoms with van der Waals surface area (Å²) in [6, 6.07) is 0. The molecule has 0 rings (SSSR count). The number of carbonyl (C=O) groups excluding carboxylic acids is 3. The minimum absolute atomic E-state index is 0.0745. The molecule has 0 aliphatic heterocycles. The summed E-state index contributed by atoms with van der Waals surface area (Å²) in [6.07, 6.45) is 69.5. The van der Waals surface area contributed by atoms with E-state index in [9.17, 15) is 14.4 Å². The van der Waals surface area contributed by atoms with Gasteiger partial charge in [-0.2, -0.15) is 0 Å². The molecule has 67 heavy (non-hydrogen) atoms. The van der Waals surface area contributed by atoms with Gasteiger partial charge in [0.25, 0.3) is 0 Å². The van der Waals surface area contributed by atoms with Gasteiger partial charge in [0, 0.05) is 19.3 Å². The van der Waals surface area contributed by atoms with Crippen LogP contribution < -0.4 is 0 Å². The van der Waals surface area contributed by atoms with Crippen molar-refractivity contribution in [2.45, 2.75) is 297 Å². The summed E-state index contributed by atoms with van der Waals surface area (Å²) in [4.78, 5) is 37.9. The molecule has 6 nitrogen and oxygen atoms in total. The Labute approximate surface area is 415 Å². The van der Waals surface area contributed by atoms with Crippen LogP contribution in [0.5, 0.6) is 0 Å². The second kappa shape index (κ2) is 55.7. The molecule has 0 aromatic heterocycles. The van der Waals surface area contributed by atoms with Gasteiger partial charge in [-0.15, -0.1) is 0 Å². The number of esters is 3. The average molecular weight is 938 g/mol. The van der Waals surface area contributed by atoms with Gasteiger partial charge in [-0.1, -0.05) is 248 Å². The van der Waals surface area contributed by atoms with Gasteiger partial charge in [0.1, 0.15) is 13.2 Å². The predicted molar refractivity (Wildman–Crippen MR) is 288 cm³/mol. The maximum absolute atomic E-state index is 12.8. The Morgan fingerprint density at radius 3 is 0.925 bits per heavy atom. The number of unbranched alkanes of at least 4 members (excludes halogenated alkanes) is 31. The fourth-order valence-electron chi connectivity index (χ4n) is 8.19. The Morgan fingerprint density at radius 2 is 0.582 bits per heavy atom. The monoisotopic (exact) mass is 937 g/mol. The van der Waals surface area contributed by atoms with Crippen molar-refractivity contribution in [3.8, 4) is 0 Å². The van der Waals surface area contributed by atoms with Gasteiger partial charge in [-0.05, 0) is 83.5 Å². The molecular formula is C61H108O6. The molecule has 1 atom stereocenters. The minimum atomic E-state index is -0.774. The van der Waals surface area contributed by atoms with E-state index in [4.69, 9.17) is 14.2 Å². The highest BCUT2D eigenvalue weighted by Gasteiger charge is 2.19. The molecular weight excluding hydrogens is 829 g/mol. The lowest BCUT2D eigenvalue weighted by molar-refractivity contribution is -0.167. The average Bonchev–Trinajstić information content (AvgIpc) is 3.33. The van der Waals surface area contributed by atoms with Crippen molar-refractivity contribution >= 4 is 17.9 Å². The highest BCUT2D eigenvalue weighted by molar-refractivity contribution is 5.71. The first-order chi connectivity index (χ1) is 33.0. The highest BCUT2D eigenvalue weighted by atomic mass is 16.6. The van der Waals surface area contributed by atoms with Gasteiger partial charge in [0.2, 0.25) is 0 Å². The summed E-state index contributed by atoms with van der Waals surface area (Å²) in [7, 11) is 0. The van der Waals surface area contributed by atoms with Gasteiger partial charge < -0.3 is 14.2 Å². The van der Waals surface area contributed by atoms with E-state index < -0.39 is 6.10 Å². The van der Waals surface area contributed by atoms with E-state index in [0.717, 1.165) is 89.9 Å². The Hall–Kier alpha value is -2.89. The van der Waals surface area contributed by atoms with E-state index in [-0.39, 0.29) is 31.1 Å². The summed E-state index contributed by atoms with van der Waals surface area (Å²) >= 11 is 0. The SMILES string of the molecule is CC/C=C\C/C=C\C/C=C\C/C=C\CCCCCCCCCCCCCCCCC(=O)OCC(COC(=O)CCCCCCCCCC)OC(=O)CCCCCCC/C=C\CCCCCCC. The lowest BCUT2D eigenvalue weighted by atomic mass is 10.0. The smallest absolute Gasteiger partial charge is 0.306 e. The molecule has 0 saturated heterocycles. The summed E-state index contributed by atoms with van der Waals surface area (Å²) in [6.45, 7) is 6.50. The van der Waals surface area contributed by atoms with Gasteiger partial charge in [-0.3, -0.25) is 14.4 Å². The molecule has 0 aliphatic carbocycles. The summed E-state index contributed by atoms with van der Waals surface area (Å²) in [5.41, 5.74) is 0. The van der Waals surface area contributed by atoms with Crippen molar-refractivity contribution in [1.82, 2.24) is 0 Å². The number of carbonyl (C=O) groups is 3. The van der Waals surface area contributed by atoms with E-state index in [2.05, 4.69) is 81.5 Å². The van der Waals surface area contributed by atoms with Crippen molar-refractivity contribution in [3.63, 3.8) is 0 Å². The third kappa shape index (κ3) is 53.9. The molecule has 0 fully saturated rings. The van der Waals surface area contributed by atoms with Crippen molar-refractivity contribution < 1.29 is 28.6 Å². The standard InChI is InChI=1S/C61H108O6/c1-4-7-10-13-16-19-21-23-25-26-27-28-29-30-31-32-33-34-35-36-37-39-40-42-45-48-51-54-60(63)66-57-58(56-65-59(62)53-50-47-44-18-15-12-9-6-3)67-61(64)55-52-49-46-43-41-38-24-22-20-17-14-11-8-5-2/h7,10,16,19,22-25,27-28,58H,4-6,8-9,11-15,17-18,20-21,26,29-57H2,1-3H3/b10-7-,19-16-,24-22-,25-23-,28-27-. The van der Waals surface area contributed by atoms with E-state index in [1.807, 2.05) is 0 Å². The van der Waals surface area contributed by atoms with Crippen LogP contribution in [0.1, 0.15) is 290 Å². The zero-order valence-electron chi connectivity index (χ0n) is 44.4. The lowest BCUT2D eigenvalue weighted by Crippen LogP contribution is -2.30. The van der Waals surface area contributed by atoms with Crippen LogP contribution in [0.25, 0.3) is 0 Å². The first-order valence-corrected chi connectivity index (χ1v) is 28.8. The number of hydrogen-bond acceptors (Lipinski definition) is 6. The van der Waals surface area contributed by atoms with E-state index in [1.165, 1.54) is 161 Å². The second-order valence-electron chi connectivity index (χ2n) is 19.2. The predicted octanol–water partition coefficient (Wildman–Crippen LogP) is 19.2. The molecule has 1 unspecified atom stereocenters. The largest absolute Gasteiger partial charge is 0.462 e. The summed E-state index contributed by atoms with van der Waals surface area (Å²) < 4.78 is 16.8. The third-order valence-electron chi connectivity index (χ3n) is 12.5. The quantitative estimate of drug-likeness (QED) is 0.0262. The molecule has 0 aromatic rings. The number of hydrogen-bond donors (Lipinski definition) is 0. The first kappa shape index (κ1) is 64.1. The highest BCUT2D eigenvalue weighted by Crippen LogP contribution is 2.16. The Bertz CT molecular complexity index is 1210. The van der Waals surface area contributed by atoms with Gasteiger partial charge in [0.05, 0.1) is 0 Å². The fourth-order valence-corrected chi connectivity index (χ4v) is 8.19. The van der Waals surface area contributed by atoms with Crippen LogP contribution in [-0.4, -0.2) is 37.2 Å². The van der Waals surface area contributed by atoms with Gasteiger partial charge >= 0.3 is 17.9 Å². The Kier molecular flexibility index (Phi) is 53.3. The Morgan fingerprint density at radius 1 is 0.313 bits per heavy atom. The molecule has 0 amide bonds. The molecule has 0 spiro atoms. The summed E-state index contributed by atoms with van der Waals surface area (Å²) in [5, 5.41) is 0. The normalized spacial score (nSPS) is 12.5. The molecule has 0 aliphatic rings.